The number of carbonyl (C=O) groups is 2. The molecule has 1 aliphatic rings. The molecule has 1 fully saturated rings. The first-order valence-electron chi connectivity index (χ1n) is 14.1. The van der Waals surface area contributed by atoms with E-state index in [0.29, 0.717) is 17.9 Å². The molecule has 0 spiro atoms. The maximum Gasteiger partial charge on any atom is 0.295 e. The fraction of sp³-hybridized carbons (Fsp3) is 0.500. The van der Waals surface area contributed by atoms with Gasteiger partial charge in [-0.05, 0) is 48.4 Å². The lowest BCUT2D eigenvalue weighted by Gasteiger charge is -2.26. The second-order valence-corrected chi connectivity index (χ2v) is 10.4. The lowest BCUT2D eigenvalue weighted by Crippen LogP contribution is -2.30. The molecule has 1 heterocycles. The fourth-order valence-corrected chi connectivity index (χ4v) is 5.09. The van der Waals surface area contributed by atoms with Gasteiger partial charge in [-0.2, -0.15) is 0 Å². The SMILES string of the molecule is CCCCCCCCCCCCN1C(=O)C(=O)C(=C(O)c2ccc(OC)cc2)[C@@H]1c1ccc(N(C)C)cc1. The Labute approximate surface area is 228 Å². The molecule has 0 bridgehead atoms. The molecule has 2 aromatic rings. The minimum absolute atomic E-state index is 0.143. The number of ketones is 1. The predicted octanol–water partition coefficient (Wildman–Crippen LogP) is 7.10. The van der Waals surface area contributed by atoms with Gasteiger partial charge in [0.1, 0.15) is 11.5 Å². The van der Waals surface area contributed by atoms with Crippen LogP contribution < -0.4 is 9.64 Å². The first-order chi connectivity index (χ1) is 18.4. The number of likely N-dealkylation sites (tertiary alicyclic amines) is 1. The van der Waals surface area contributed by atoms with E-state index in [1.807, 2.05) is 43.3 Å². The molecular formula is C32H44N2O4. The van der Waals surface area contributed by atoms with Gasteiger partial charge in [-0.3, -0.25) is 9.59 Å². The van der Waals surface area contributed by atoms with E-state index in [4.69, 9.17) is 4.74 Å². The van der Waals surface area contributed by atoms with Crippen molar-refractivity contribution >= 4 is 23.1 Å². The Morgan fingerprint density at radius 2 is 1.39 bits per heavy atom. The number of carbonyl (C=O) groups excluding carboxylic acids is 2. The van der Waals surface area contributed by atoms with Crippen molar-refractivity contribution in [2.45, 2.75) is 77.2 Å². The quantitative estimate of drug-likeness (QED) is 0.117. The molecule has 6 heteroatoms. The zero-order chi connectivity index (χ0) is 27.5. The van der Waals surface area contributed by atoms with Gasteiger partial charge in [0.2, 0.25) is 0 Å². The smallest absolute Gasteiger partial charge is 0.295 e. The zero-order valence-electron chi connectivity index (χ0n) is 23.5. The number of amides is 1. The summed E-state index contributed by atoms with van der Waals surface area (Å²) >= 11 is 0. The van der Waals surface area contributed by atoms with Crippen LogP contribution in [0.3, 0.4) is 0 Å². The molecule has 1 N–H and O–H groups in total. The first kappa shape index (κ1) is 29.3. The van der Waals surface area contributed by atoms with E-state index in [1.54, 1.807) is 36.3 Å². The Bertz CT molecular complexity index is 1070. The molecule has 0 aliphatic carbocycles. The van der Waals surface area contributed by atoms with Crippen LogP contribution in [0.1, 0.15) is 88.3 Å². The summed E-state index contributed by atoms with van der Waals surface area (Å²) in [5.74, 6) is -0.679. The van der Waals surface area contributed by atoms with Gasteiger partial charge in [0.25, 0.3) is 11.7 Å². The number of anilines is 1. The Balaban J connectivity index is 1.76. The van der Waals surface area contributed by atoms with Crippen LogP contribution in [-0.2, 0) is 9.59 Å². The highest BCUT2D eigenvalue weighted by Gasteiger charge is 2.45. The van der Waals surface area contributed by atoms with Crippen molar-refractivity contribution in [1.29, 1.82) is 0 Å². The highest BCUT2D eigenvalue weighted by Crippen LogP contribution is 2.40. The number of methoxy groups -OCH3 is 1. The summed E-state index contributed by atoms with van der Waals surface area (Å²) in [6, 6.07) is 14.1. The molecule has 3 rings (SSSR count). The number of nitrogens with zero attached hydrogens (tertiary/aromatic N) is 2. The average molecular weight is 521 g/mol. The molecule has 0 unspecified atom stereocenters. The molecular weight excluding hydrogens is 476 g/mol. The van der Waals surface area contributed by atoms with Crippen molar-refractivity contribution in [1.82, 2.24) is 4.90 Å². The van der Waals surface area contributed by atoms with Crippen molar-refractivity contribution in [2.75, 3.05) is 32.6 Å². The topological polar surface area (TPSA) is 70.1 Å². The number of benzene rings is 2. The maximum atomic E-state index is 13.3. The summed E-state index contributed by atoms with van der Waals surface area (Å²) in [7, 11) is 5.51. The maximum absolute atomic E-state index is 13.3. The highest BCUT2D eigenvalue weighted by atomic mass is 16.5. The number of rotatable bonds is 15. The second-order valence-electron chi connectivity index (χ2n) is 10.4. The third-order valence-corrected chi connectivity index (χ3v) is 7.38. The van der Waals surface area contributed by atoms with Crippen LogP contribution in [0.2, 0.25) is 0 Å². The number of hydrogen-bond acceptors (Lipinski definition) is 5. The van der Waals surface area contributed by atoms with Crippen LogP contribution in [0.5, 0.6) is 5.75 Å². The monoisotopic (exact) mass is 520 g/mol. The van der Waals surface area contributed by atoms with Gasteiger partial charge in [-0.25, -0.2) is 0 Å². The van der Waals surface area contributed by atoms with E-state index >= 15 is 0 Å². The molecule has 1 saturated heterocycles. The number of Topliss-reactive ketones (excluding diaryl/α,β-unsaturated/α-hetero) is 1. The van der Waals surface area contributed by atoms with Crippen LogP contribution in [-0.4, -0.2) is 49.4 Å². The Morgan fingerprint density at radius 3 is 1.92 bits per heavy atom. The number of aliphatic hydroxyl groups excluding tert-OH is 1. The van der Waals surface area contributed by atoms with E-state index in [1.165, 1.54) is 44.9 Å². The van der Waals surface area contributed by atoms with E-state index in [2.05, 4.69) is 6.92 Å². The van der Waals surface area contributed by atoms with Crippen molar-refractivity contribution in [2.24, 2.45) is 0 Å². The highest BCUT2D eigenvalue weighted by molar-refractivity contribution is 6.46. The Kier molecular flexibility index (Phi) is 11.3. The van der Waals surface area contributed by atoms with Crippen molar-refractivity contribution in [3.63, 3.8) is 0 Å². The third-order valence-electron chi connectivity index (χ3n) is 7.38. The van der Waals surface area contributed by atoms with Crippen LogP contribution in [0.25, 0.3) is 5.76 Å². The van der Waals surface area contributed by atoms with E-state index in [0.717, 1.165) is 30.5 Å². The summed E-state index contributed by atoms with van der Waals surface area (Å²) in [6.45, 7) is 2.72. The molecule has 0 radical (unpaired) electrons. The average Bonchev–Trinajstić information content (AvgIpc) is 3.18. The molecule has 0 aromatic heterocycles. The molecule has 206 valence electrons. The second kappa shape index (κ2) is 14.6. The van der Waals surface area contributed by atoms with Gasteiger partial charge >= 0.3 is 0 Å². The number of ether oxygens (including phenoxy) is 1. The molecule has 1 amide bonds. The minimum atomic E-state index is -0.632. The van der Waals surface area contributed by atoms with Gasteiger partial charge in [-0.1, -0.05) is 76.8 Å². The minimum Gasteiger partial charge on any atom is -0.507 e. The lowest BCUT2D eigenvalue weighted by molar-refractivity contribution is -0.139. The molecule has 1 aliphatic heterocycles. The largest absolute Gasteiger partial charge is 0.507 e. The summed E-state index contributed by atoms with van der Waals surface area (Å²) in [5, 5.41) is 11.2. The zero-order valence-corrected chi connectivity index (χ0v) is 23.5. The summed E-state index contributed by atoms with van der Waals surface area (Å²) in [4.78, 5) is 30.1. The molecule has 2 aromatic carbocycles. The van der Waals surface area contributed by atoms with Crippen molar-refractivity contribution in [3.05, 3.63) is 65.2 Å². The van der Waals surface area contributed by atoms with Gasteiger partial charge < -0.3 is 19.6 Å². The van der Waals surface area contributed by atoms with Crippen molar-refractivity contribution in [3.8, 4) is 5.75 Å². The Hall–Kier alpha value is -3.28. The van der Waals surface area contributed by atoms with Gasteiger partial charge in [0.15, 0.2) is 0 Å². The standard InChI is InChI=1S/C32H44N2O4/c1-5-6-7-8-9-10-11-12-13-14-23-34-29(24-15-19-26(20-16-24)33(2)3)28(31(36)32(34)37)30(35)25-17-21-27(38-4)22-18-25/h15-22,29,35H,5-14,23H2,1-4H3/t29-/m0/s1. The number of unbranched alkanes of at least 4 members (excludes halogenated alkanes) is 9. The lowest BCUT2D eigenvalue weighted by atomic mass is 9.95. The van der Waals surface area contributed by atoms with E-state index < -0.39 is 17.7 Å². The molecule has 1 atom stereocenters. The van der Waals surface area contributed by atoms with Crippen LogP contribution in [0.15, 0.2) is 54.1 Å². The van der Waals surface area contributed by atoms with Gasteiger partial charge in [-0.15, -0.1) is 0 Å². The molecule has 6 nitrogen and oxygen atoms in total. The first-order valence-corrected chi connectivity index (χ1v) is 14.1. The molecule has 38 heavy (non-hydrogen) atoms. The predicted molar refractivity (Wildman–Crippen MR) is 155 cm³/mol. The third kappa shape index (κ3) is 7.40. The Morgan fingerprint density at radius 1 is 0.842 bits per heavy atom. The van der Waals surface area contributed by atoms with Crippen molar-refractivity contribution < 1.29 is 19.4 Å². The summed E-state index contributed by atoms with van der Waals surface area (Å²) in [6.07, 6.45) is 12.0. The van der Waals surface area contributed by atoms with Crippen LogP contribution in [0.4, 0.5) is 5.69 Å². The normalized spacial score (nSPS) is 16.7. The summed E-state index contributed by atoms with van der Waals surface area (Å²) < 4.78 is 5.22. The van der Waals surface area contributed by atoms with Crippen LogP contribution in [0, 0.1) is 0 Å². The van der Waals surface area contributed by atoms with E-state index in [9.17, 15) is 14.7 Å². The van der Waals surface area contributed by atoms with Gasteiger partial charge in [0, 0.05) is 31.9 Å². The van der Waals surface area contributed by atoms with Gasteiger partial charge in [0.05, 0.1) is 18.7 Å². The summed E-state index contributed by atoms with van der Waals surface area (Å²) in [5.41, 5.74) is 2.47. The number of aliphatic hydroxyl groups is 1. The molecule has 0 saturated carbocycles. The number of hydrogen-bond donors (Lipinski definition) is 1. The van der Waals surface area contributed by atoms with E-state index in [-0.39, 0.29) is 11.3 Å². The fourth-order valence-electron chi connectivity index (χ4n) is 5.09. The van der Waals surface area contributed by atoms with Crippen LogP contribution >= 0.6 is 0 Å².